The van der Waals surface area contributed by atoms with Gasteiger partial charge in [0.1, 0.15) is 0 Å². The van der Waals surface area contributed by atoms with Gasteiger partial charge in [-0.1, -0.05) is 36.4 Å². The molecule has 0 aliphatic heterocycles. The first-order valence-corrected chi connectivity index (χ1v) is 5.24. The van der Waals surface area contributed by atoms with E-state index in [0.717, 1.165) is 21.5 Å². The Labute approximate surface area is 93.5 Å². The summed E-state index contributed by atoms with van der Waals surface area (Å²) in [6.07, 6.45) is 0. The van der Waals surface area contributed by atoms with Crippen LogP contribution in [0.1, 0.15) is 0 Å². The Bertz CT molecular complexity index is 667. The largest absolute Gasteiger partial charge is 0.0610 e. The van der Waals surface area contributed by atoms with Crippen LogP contribution in [0.3, 0.4) is 0 Å². The Morgan fingerprint density at radius 3 is 1.12 bits per heavy atom. The van der Waals surface area contributed by atoms with E-state index in [9.17, 15) is 0 Å². The molecule has 0 unspecified atom stereocenters. The van der Waals surface area contributed by atoms with E-state index >= 15 is 0 Å². The molecule has 0 aliphatic carbocycles. The van der Waals surface area contributed by atoms with Crippen molar-refractivity contribution < 1.29 is 0 Å². The van der Waals surface area contributed by atoms with Gasteiger partial charge in [0.2, 0.25) is 0 Å². The van der Waals surface area contributed by atoms with Gasteiger partial charge in [-0.3, -0.25) is 0 Å². The summed E-state index contributed by atoms with van der Waals surface area (Å²) in [6, 6.07) is 25.1. The molecule has 4 aromatic carbocycles. The molecule has 0 fully saturated rings. The molecule has 0 atom stereocenters. The van der Waals surface area contributed by atoms with Crippen LogP contribution >= 0.6 is 0 Å². The predicted molar refractivity (Wildman–Crippen MR) is 65.5 cm³/mol. The van der Waals surface area contributed by atoms with Crippen molar-refractivity contribution in [2.75, 3.05) is 0 Å². The van der Waals surface area contributed by atoms with Crippen LogP contribution in [0.25, 0.3) is 32.3 Å². The summed E-state index contributed by atoms with van der Waals surface area (Å²) in [5.41, 5.74) is 0. The summed E-state index contributed by atoms with van der Waals surface area (Å²) >= 11 is 0. The normalized spacial score (nSPS) is 11.8. The first-order chi connectivity index (χ1) is 7.93. The standard InChI is InChI=1S/C16H6/c1-3-11-7-9-13-5-2-6-14-10-8-12(4-1)15(11)16(13)14/h1-6H. The fourth-order valence-corrected chi connectivity index (χ4v) is 2.33. The summed E-state index contributed by atoms with van der Waals surface area (Å²) in [5, 5.41) is 6.87. The second kappa shape index (κ2) is 2.73. The molecule has 4 rings (SSSR count). The van der Waals surface area contributed by atoms with Gasteiger partial charge in [0.05, 0.1) is 0 Å². The zero-order valence-electron chi connectivity index (χ0n) is 8.46. The highest BCUT2D eigenvalue weighted by atomic mass is 14.1. The third kappa shape index (κ3) is 0.892. The van der Waals surface area contributed by atoms with Crippen molar-refractivity contribution in [3.05, 3.63) is 60.7 Å². The smallest absolute Gasteiger partial charge is 0.000695 e. The third-order valence-electron chi connectivity index (χ3n) is 3.04. The maximum absolute atomic E-state index is 3.20. The Kier molecular flexibility index (Phi) is 1.39. The molecule has 0 aliphatic rings. The topological polar surface area (TPSA) is 0 Å². The van der Waals surface area contributed by atoms with Crippen LogP contribution in [0.4, 0.5) is 0 Å². The minimum atomic E-state index is 1.10. The van der Waals surface area contributed by atoms with E-state index in [-0.39, 0.29) is 0 Å². The van der Waals surface area contributed by atoms with Crippen LogP contribution < -0.4 is 0 Å². The van der Waals surface area contributed by atoms with Crippen molar-refractivity contribution in [1.29, 1.82) is 0 Å². The van der Waals surface area contributed by atoms with Gasteiger partial charge in [-0.25, -0.2) is 0 Å². The van der Waals surface area contributed by atoms with E-state index < -0.39 is 0 Å². The van der Waals surface area contributed by atoms with Crippen LogP contribution in [0.15, 0.2) is 36.4 Å². The van der Waals surface area contributed by atoms with Gasteiger partial charge in [0.25, 0.3) is 0 Å². The van der Waals surface area contributed by atoms with Crippen molar-refractivity contribution in [3.8, 4) is 0 Å². The molecule has 70 valence electrons. The third-order valence-corrected chi connectivity index (χ3v) is 3.04. The number of benzene rings is 4. The molecule has 0 saturated carbocycles. The van der Waals surface area contributed by atoms with Crippen molar-refractivity contribution in [2.45, 2.75) is 0 Å². The van der Waals surface area contributed by atoms with Crippen LogP contribution in [0, 0.1) is 24.3 Å². The second-order valence-electron chi connectivity index (χ2n) is 3.96. The summed E-state index contributed by atoms with van der Waals surface area (Å²) in [5.74, 6) is 0. The molecule has 0 spiro atoms. The average molecular weight is 198 g/mol. The van der Waals surface area contributed by atoms with Gasteiger partial charge < -0.3 is 0 Å². The SMILES string of the molecule is [c]1[c]c2cccc3[c][c]c4cccc1c4c23. The molecule has 0 heterocycles. The quantitative estimate of drug-likeness (QED) is 0.377. The van der Waals surface area contributed by atoms with Crippen LogP contribution in [-0.2, 0) is 0 Å². The average Bonchev–Trinajstić information content (AvgIpc) is 2.36. The molecular formula is C16H6. The van der Waals surface area contributed by atoms with Gasteiger partial charge in [-0.05, 0) is 56.6 Å². The minimum absolute atomic E-state index is 1.10. The fourth-order valence-electron chi connectivity index (χ4n) is 2.33. The van der Waals surface area contributed by atoms with Crippen LogP contribution in [-0.4, -0.2) is 0 Å². The molecule has 0 nitrogen and oxygen atoms in total. The lowest BCUT2D eigenvalue weighted by Crippen LogP contribution is -1.83. The second-order valence-corrected chi connectivity index (χ2v) is 3.96. The molecule has 0 saturated heterocycles. The molecule has 0 heteroatoms. The highest BCUT2D eigenvalue weighted by Crippen LogP contribution is 2.32. The molecular weight excluding hydrogens is 192 g/mol. The number of hydrogen-bond donors (Lipinski definition) is 0. The summed E-state index contributed by atoms with van der Waals surface area (Å²) in [6.45, 7) is 0. The van der Waals surface area contributed by atoms with E-state index in [1.165, 1.54) is 10.8 Å². The zero-order valence-corrected chi connectivity index (χ0v) is 8.46. The van der Waals surface area contributed by atoms with Gasteiger partial charge in [-0.15, -0.1) is 0 Å². The maximum atomic E-state index is 3.20. The Hall–Kier alpha value is -2.08. The van der Waals surface area contributed by atoms with E-state index in [2.05, 4.69) is 48.5 Å². The minimum Gasteiger partial charge on any atom is -0.0610 e. The number of rotatable bonds is 0. The molecule has 0 amide bonds. The summed E-state index contributed by atoms with van der Waals surface area (Å²) in [4.78, 5) is 0. The predicted octanol–water partition coefficient (Wildman–Crippen LogP) is 3.78. The van der Waals surface area contributed by atoms with Gasteiger partial charge in [-0.2, -0.15) is 0 Å². The molecule has 0 N–H and O–H groups in total. The van der Waals surface area contributed by atoms with Crippen molar-refractivity contribution in [1.82, 2.24) is 0 Å². The highest BCUT2D eigenvalue weighted by Gasteiger charge is 2.07. The lowest BCUT2D eigenvalue weighted by molar-refractivity contribution is 1.75. The first kappa shape index (κ1) is 8.12. The summed E-state index contributed by atoms with van der Waals surface area (Å²) < 4.78 is 0. The summed E-state index contributed by atoms with van der Waals surface area (Å²) in [7, 11) is 0. The fraction of sp³-hybridized carbons (Fsp3) is 0. The molecule has 4 aromatic rings. The highest BCUT2D eigenvalue weighted by molar-refractivity contribution is 6.22. The van der Waals surface area contributed by atoms with Gasteiger partial charge in [0, 0.05) is 0 Å². The van der Waals surface area contributed by atoms with Crippen LogP contribution in [0.2, 0.25) is 0 Å². The van der Waals surface area contributed by atoms with Crippen molar-refractivity contribution in [2.24, 2.45) is 0 Å². The molecule has 0 bridgehead atoms. The van der Waals surface area contributed by atoms with Crippen LogP contribution in [0.5, 0.6) is 0 Å². The van der Waals surface area contributed by atoms with Crippen molar-refractivity contribution in [3.63, 3.8) is 0 Å². The number of hydrogen-bond acceptors (Lipinski definition) is 0. The Morgan fingerprint density at radius 2 is 0.812 bits per heavy atom. The van der Waals surface area contributed by atoms with Gasteiger partial charge >= 0.3 is 0 Å². The molecule has 16 heavy (non-hydrogen) atoms. The lowest BCUT2D eigenvalue weighted by Gasteiger charge is -2.08. The lowest BCUT2D eigenvalue weighted by atomic mass is 9.95. The molecule has 4 radical (unpaired) electrons. The first-order valence-electron chi connectivity index (χ1n) is 5.24. The monoisotopic (exact) mass is 198 g/mol. The van der Waals surface area contributed by atoms with E-state index in [0.29, 0.717) is 0 Å². The molecule has 0 aromatic heterocycles. The zero-order chi connectivity index (χ0) is 10.5. The maximum Gasteiger partial charge on any atom is -0.000695 e. The van der Waals surface area contributed by atoms with Crippen molar-refractivity contribution >= 4 is 32.3 Å². The van der Waals surface area contributed by atoms with E-state index in [1.54, 1.807) is 0 Å². The van der Waals surface area contributed by atoms with E-state index in [4.69, 9.17) is 0 Å². The van der Waals surface area contributed by atoms with E-state index in [1.807, 2.05) is 12.1 Å². The Balaban J connectivity index is 2.51. The Morgan fingerprint density at radius 1 is 0.500 bits per heavy atom. The van der Waals surface area contributed by atoms with Gasteiger partial charge in [0.15, 0.2) is 0 Å².